The molecule has 9 rings (SSSR count). The molecule has 3 saturated heterocycles. The van der Waals surface area contributed by atoms with Crippen LogP contribution in [0, 0.1) is 5.92 Å². The number of phenols is 2. The minimum atomic E-state index is -0.592. The van der Waals surface area contributed by atoms with E-state index in [0.29, 0.717) is 30.2 Å². The summed E-state index contributed by atoms with van der Waals surface area (Å²) in [5, 5.41) is 22.6. The molecule has 0 saturated carbocycles. The van der Waals surface area contributed by atoms with Crippen molar-refractivity contribution in [1.82, 2.24) is 15.1 Å². The second-order valence-corrected chi connectivity index (χ2v) is 16.1. The minimum Gasteiger partial charge on any atom is -0.508 e. The molecule has 0 bridgehead atoms. The SMILES string of the molecule is O=C1CC[C@H](N2Cc3cc(N4CCN(CC5CCN(c6ccc([C@H]7c8ccc(O)cc8CC[C@H]7c7ccc(O)cc7)cc6)CC5)CC4)ccc3C2=O)C(=O)N1. The fourth-order valence-corrected chi connectivity index (χ4v) is 9.88. The smallest absolute Gasteiger partial charge is 0.255 e. The number of amides is 3. The lowest BCUT2D eigenvalue weighted by molar-refractivity contribution is -0.136. The van der Waals surface area contributed by atoms with Gasteiger partial charge in [-0.25, -0.2) is 0 Å². The van der Waals surface area contributed by atoms with E-state index in [0.717, 1.165) is 69.9 Å². The van der Waals surface area contributed by atoms with E-state index in [1.54, 1.807) is 17.0 Å². The van der Waals surface area contributed by atoms with Gasteiger partial charge in [0.15, 0.2) is 0 Å². The standard InChI is InChI=1S/C45H49N5O5/c51-36-9-3-30(4-10-36)38-12-5-32-26-37(52)11-14-39(32)43(38)31-1-6-34(7-2-31)48-19-17-29(18-20-48)27-47-21-23-49(24-22-47)35-8-13-40-33(25-35)28-50(45(40)55)41-15-16-42(53)46-44(41)54/h1-4,6-11,13-14,25-26,29,38,41,43,51-52H,5,12,15-24,27-28H2,(H,46,53,54)/t38-,41-,43+/m0/s1. The van der Waals surface area contributed by atoms with E-state index in [1.807, 2.05) is 24.3 Å². The molecule has 3 fully saturated rings. The highest BCUT2D eigenvalue weighted by molar-refractivity contribution is 6.05. The summed E-state index contributed by atoms with van der Waals surface area (Å²) in [6.07, 6.45) is 4.88. The second-order valence-electron chi connectivity index (χ2n) is 16.1. The molecule has 3 amide bonds. The number of hydrogen-bond acceptors (Lipinski definition) is 8. The van der Waals surface area contributed by atoms with Gasteiger partial charge in [-0.1, -0.05) is 30.3 Å². The molecule has 10 nitrogen and oxygen atoms in total. The number of piperidine rings is 2. The van der Waals surface area contributed by atoms with E-state index in [-0.39, 0.29) is 41.7 Å². The normalized spacial score (nSPS) is 23.5. The lowest BCUT2D eigenvalue weighted by atomic mass is 9.69. The number of nitrogens with one attached hydrogen (secondary N) is 1. The zero-order valence-corrected chi connectivity index (χ0v) is 31.2. The summed E-state index contributed by atoms with van der Waals surface area (Å²) in [6.45, 7) is 7.52. The van der Waals surface area contributed by atoms with Crippen LogP contribution in [-0.2, 0) is 22.6 Å². The van der Waals surface area contributed by atoms with E-state index in [2.05, 4.69) is 68.5 Å². The maximum Gasteiger partial charge on any atom is 0.255 e. The maximum atomic E-state index is 13.2. The molecular weight excluding hydrogens is 691 g/mol. The molecular formula is C45H49N5O5. The Morgan fingerprint density at radius 3 is 2.07 bits per heavy atom. The van der Waals surface area contributed by atoms with Gasteiger partial charge in [-0.05, 0) is 126 Å². The number of aryl methyl sites for hydroxylation is 1. The van der Waals surface area contributed by atoms with Crippen molar-refractivity contribution in [3.63, 3.8) is 0 Å². The van der Waals surface area contributed by atoms with Crippen LogP contribution in [0.4, 0.5) is 11.4 Å². The third-order valence-corrected chi connectivity index (χ3v) is 12.9. The summed E-state index contributed by atoms with van der Waals surface area (Å²) in [6, 6.07) is 28.1. The molecule has 55 heavy (non-hydrogen) atoms. The molecule has 0 aromatic heterocycles. The van der Waals surface area contributed by atoms with Crippen LogP contribution in [0.3, 0.4) is 0 Å². The number of carbonyl (C=O) groups excluding carboxylic acids is 3. The average Bonchev–Trinajstić information content (AvgIpc) is 3.53. The number of phenolic OH excluding ortho intramolecular Hbond substituents is 2. The predicted molar refractivity (Wildman–Crippen MR) is 212 cm³/mol. The highest BCUT2D eigenvalue weighted by atomic mass is 16.3. The summed E-state index contributed by atoms with van der Waals surface area (Å²) in [4.78, 5) is 46.4. The van der Waals surface area contributed by atoms with Crippen molar-refractivity contribution in [3.05, 3.63) is 118 Å². The van der Waals surface area contributed by atoms with Gasteiger partial charge in [0, 0.05) is 81.6 Å². The van der Waals surface area contributed by atoms with Gasteiger partial charge >= 0.3 is 0 Å². The lowest BCUT2D eigenvalue weighted by Gasteiger charge is -2.40. The third kappa shape index (κ3) is 7.04. The molecule has 284 valence electrons. The van der Waals surface area contributed by atoms with E-state index in [1.165, 1.54) is 40.8 Å². The zero-order chi connectivity index (χ0) is 37.6. The molecule has 5 aliphatic rings. The van der Waals surface area contributed by atoms with Crippen LogP contribution in [0.25, 0.3) is 0 Å². The molecule has 3 N–H and O–H groups in total. The monoisotopic (exact) mass is 739 g/mol. The molecule has 4 aromatic carbocycles. The van der Waals surface area contributed by atoms with Gasteiger partial charge in [0.25, 0.3) is 5.91 Å². The van der Waals surface area contributed by atoms with Gasteiger partial charge in [-0.3, -0.25) is 24.6 Å². The van der Waals surface area contributed by atoms with Crippen molar-refractivity contribution in [2.75, 3.05) is 55.6 Å². The highest BCUT2D eigenvalue weighted by Gasteiger charge is 2.39. The predicted octanol–water partition coefficient (Wildman–Crippen LogP) is 5.76. The summed E-state index contributed by atoms with van der Waals surface area (Å²) < 4.78 is 0. The van der Waals surface area contributed by atoms with Crippen LogP contribution in [0.2, 0.25) is 0 Å². The first-order valence-electron chi connectivity index (χ1n) is 20.0. The molecule has 3 atom stereocenters. The van der Waals surface area contributed by atoms with Gasteiger partial charge in [-0.15, -0.1) is 0 Å². The number of fused-ring (bicyclic) bond motifs is 2. The molecule has 0 spiro atoms. The summed E-state index contributed by atoms with van der Waals surface area (Å²) in [5.74, 6) is 0.970. The molecule has 10 heteroatoms. The van der Waals surface area contributed by atoms with Crippen molar-refractivity contribution in [3.8, 4) is 11.5 Å². The van der Waals surface area contributed by atoms with Crippen LogP contribution < -0.4 is 15.1 Å². The van der Waals surface area contributed by atoms with Crippen molar-refractivity contribution < 1.29 is 24.6 Å². The Hall–Kier alpha value is -5.35. The maximum absolute atomic E-state index is 13.2. The largest absolute Gasteiger partial charge is 0.508 e. The van der Waals surface area contributed by atoms with E-state index in [4.69, 9.17) is 0 Å². The van der Waals surface area contributed by atoms with Crippen LogP contribution in [-0.4, -0.2) is 89.6 Å². The fourth-order valence-electron chi connectivity index (χ4n) is 9.88. The second kappa shape index (κ2) is 14.7. The Morgan fingerprint density at radius 1 is 0.636 bits per heavy atom. The highest BCUT2D eigenvalue weighted by Crippen LogP contribution is 2.47. The Bertz CT molecular complexity index is 2090. The third-order valence-electron chi connectivity index (χ3n) is 12.9. The first kappa shape index (κ1) is 35.4. The number of piperazine rings is 1. The van der Waals surface area contributed by atoms with Gasteiger partial charge in [0.2, 0.25) is 11.8 Å². The molecule has 4 heterocycles. The topological polar surface area (TPSA) is 117 Å². The average molecular weight is 740 g/mol. The first-order valence-corrected chi connectivity index (χ1v) is 20.0. The molecule has 4 aromatic rings. The molecule has 4 aliphatic heterocycles. The van der Waals surface area contributed by atoms with Crippen molar-refractivity contribution >= 4 is 29.1 Å². The summed E-state index contributed by atoms with van der Waals surface area (Å²) in [5.41, 5.74) is 9.02. The summed E-state index contributed by atoms with van der Waals surface area (Å²) in [7, 11) is 0. The number of hydrogen-bond donors (Lipinski definition) is 3. The number of rotatable bonds is 7. The Balaban J connectivity index is 0.783. The first-order chi connectivity index (χ1) is 26.8. The van der Waals surface area contributed by atoms with Crippen LogP contribution in [0.1, 0.15) is 82.1 Å². The van der Waals surface area contributed by atoms with E-state index < -0.39 is 6.04 Å². The van der Waals surface area contributed by atoms with Crippen molar-refractivity contribution in [2.24, 2.45) is 5.92 Å². The number of aromatic hydroxyl groups is 2. The van der Waals surface area contributed by atoms with E-state index in [9.17, 15) is 24.6 Å². The van der Waals surface area contributed by atoms with Crippen molar-refractivity contribution in [2.45, 2.75) is 62.9 Å². The lowest BCUT2D eigenvalue weighted by Crippen LogP contribution is -2.52. The number of benzene rings is 4. The van der Waals surface area contributed by atoms with Gasteiger partial charge in [-0.2, -0.15) is 0 Å². The zero-order valence-electron chi connectivity index (χ0n) is 31.2. The minimum absolute atomic E-state index is 0.128. The van der Waals surface area contributed by atoms with Gasteiger partial charge in [0.1, 0.15) is 17.5 Å². The number of carbonyl (C=O) groups is 3. The fraction of sp³-hybridized carbons (Fsp3) is 0.400. The Labute approximate surface area is 322 Å². The molecule has 0 unspecified atom stereocenters. The quantitative estimate of drug-likeness (QED) is 0.205. The number of nitrogens with zero attached hydrogens (tertiary/aromatic N) is 4. The number of imide groups is 1. The van der Waals surface area contributed by atoms with Crippen LogP contribution in [0.15, 0.2) is 84.9 Å². The molecule has 1 aliphatic carbocycles. The van der Waals surface area contributed by atoms with Crippen molar-refractivity contribution in [1.29, 1.82) is 0 Å². The van der Waals surface area contributed by atoms with Crippen LogP contribution >= 0.6 is 0 Å². The Kier molecular flexibility index (Phi) is 9.46. The van der Waals surface area contributed by atoms with Crippen LogP contribution in [0.5, 0.6) is 11.5 Å². The molecule has 0 radical (unpaired) electrons. The van der Waals surface area contributed by atoms with Gasteiger partial charge in [0.05, 0.1) is 0 Å². The van der Waals surface area contributed by atoms with E-state index >= 15 is 0 Å². The number of anilines is 2. The Morgan fingerprint density at radius 2 is 1.33 bits per heavy atom. The summed E-state index contributed by atoms with van der Waals surface area (Å²) >= 11 is 0. The van der Waals surface area contributed by atoms with Gasteiger partial charge < -0.3 is 24.9 Å².